The number of allylic oxidation sites excluding steroid dienone is 1. The summed E-state index contributed by atoms with van der Waals surface area (Å²) in [6.45, 7) is 2.12. The summed E-state index contributed by atoms with van der Waals surface area (Å²) in [4.78, 5) is 17.2. The van der Waals surface area contributed by atoms with Gasteiger partial charge in [0.15, 0.2) is 11.5 Å². The number of rotatable bonds is 8. The van der Waals surface area contributed by atoms with Crippen molar-refractivity contribution in [2.45, 2.75) is 57.3 Å². The number of methoxy groups -OCH3 is 3. The minimum atomic E-state index is -0.348. The predicted octanol–water partition coefficient (Wildman–Crippen LogP) is 5.61. The van der Waals surface area contributed by atoms with Gasteiger partial charge in [0.1, 0.15) is 6.10 Å². The highest BCUT2D eigenvalue weighted by Gasteiger charge is 2.35. The van der Waals surface area contributed by atoms with E-state index in [4.69, 9.17) is 30.5 Å². The molecule has 4 rings (SSSR count). The van der Waals surface area contributed by atoms with Crippen molar-refractivity contribution < 1.29 is 23.7 Å². The Balaban J connectivity index is 1.64. The molecule has 0 spiro atoms. The number of benzene rings is 1. The first-order valence-corrected chi connectivity index (χ1v) is 12.9. The molecule has 2 heterocycles. The van der Waals surface area contributed by atoms with E-state index in [9.17, 15) is 4.79 Å². The summed E-state index contributed by atoms with van der Waals surface area (Å²) in [6.07, 6.45) is 6.61. The molecule has 0 saturated heterocycles. The first kappa shape index (κ1) is 25.5. The number of hydrogen-bond acceptors (Lipinski definition) is 8. The average Bonchev–Trinajstić information content (AvgIpc) is 3.27. The first-order chi connectivity index (χ1) is 16.9. The number of thiazole rings is 1. The average molecular weight is 519 g/mol. The van der Waals surface area contributed by atoms with Crippen molar-refractivity contribution in [3.05, 3.63) is 68.0 Å². The highest BCUT2D eigenvalue weighted by atomic mass is 35.5. The first-order valence-electron chi connectivity index (χ1n) is 11.7. The van der Waals surface area contributed by atoms with Crippen molar-refractivity contribution in [3.8, 4) is 0 Å². The number of fused-ring (bicyclic) bond motifs is 1. The van der Waals surface area contributed by atoms with Gasteiger partial charge in [-0.1, -0.05) is 11.6 Å². The molecule has 0 radical (unpaired) electrons. The van der Waals surface area contributed by atoms with E-state index >= 15 is 0 Å². The lowest BCUT2D eigenvalue weighted by Gasteiger charge is -2.29. The third-order valence-corrected chi connectivity index (χ3v) is 7.64. The van der Waals surface area contributed by atoms with Gasteiger partial charge in [0.25, 0.3) is 0 Å². The summed E-state index contributed by atoms with van der Waals surface area (Å²) in [6, 6.07) is 5.88. The van der Waals surface area contributed by atoms with E-state index in [0.717, 1.165) is 45.3 Å². The van der Waals surface area contributed by atoms with Crippen LogP contribution in [0.2, 0.25) is 5.02 Å². The van der Waals surface area contributed by atoms with Crippen molar-refractivity contribution in [2.24, 2.45) is 0 Å². The molecule has 1 N–H and O–H groups in total. The molecular formula is C26H31ClN2O5S. The largest absolute Gasteiger partial charge is 0.493 e. The van der Waals surface area contributed by atoms with Gasteiger partial charge in [-0.25, -0.2) is 4.98 Å². The maximum atomic E-state index is 11.5. The maximum absolute atomic E-state index is 11.5. The van der Waals surface area contributed by atoms with Gasteiger partial charge < -0.3 is 24.3 Å². The molecule has 0 bridgehead atoms. The maximum Gasteiger partial charge on any atom is 0.305 e. The fourth-order valence-electron chi connectivity index (χ4n) is 4.52. The van der Waals surface area contributed by atoms with Crippen LogP contribution in [-0.2, 0) is 36.6 Å². The summed E-state index contributed by atoms with van der Waals surface area (Å²) in [5.74, 6) is 1.21. The Kier molecular flexibility index (Phi) is 8.36. The summed E-state index contributed by atoms with van der Waals surface area (Å²) in [7, 11) is 4.72. The fraction of sp³-hybridized carbons (Fsp3) is 0.462. The summed E-state index contributed by atoms with van der Waals surface area (Å²) >= 11 is 8.03. The van der Waals surface area contributed by atoms with E-state index < -0.39 is 0 Å². The Morgan fingerprint density at radius 2 is 2.11 bits per heavy atom. The van der Waals surface area contributed by atoms with Crippen molar-refractivity contribution in [1.82, 2.24) is 4.98 Å². The number of carbonyl (C=O) groups excluding carboxylic acids is 1. The van der Waals surface area contributed by atoms with Gasteiger partial charge in [-0.05, 0) is 50.5 Å². The van der Waals surface area contributed by atoms with Crippen LogP contribution in [0.25, 0.3) is 0 Å². The molecule has 2 aliphatic rings. The van der Waals surface area contributed by atoms with E-state index in [2.05, 4.69) is 17.2 Å². The highest BCUT2D eigenvalue weighted by Crippen LogP contribution is 2.43. The standard InChI is InChI=1S/C26H31ClN2O5S/c1-15-22(13-23-28-14-17(35-23)9-11-24(30)32-3)34-25(19-12-16(27)8-10-20(19)29-15)18-6-5-7-21(31-2)26(18)33-4/h7-8,10,12,14-15,22,25,29H,5-6,9,11,13H2,1-4H3/t15-,22?,25-/m1/s1. The van der Waals surface area contributed by atoms with Crippen LogP contribution in [0.15, 0.2) is 47.6 Å². The van der Waals surface area contributed by atoms with Gasteiger partial charge in [-0.3, -0.25) is 4.79 Å². The number of carbonyl (C=O) groups is 1. The quantitative estimate of drug-likeness (QED) is 0.455. The number of aryl methyl sites for hydroxylation is 1. The van der Waals surface area contributed by atoms with Gasteiger partial charge in [0.05, 0.1) is 38.9 Å². The van der Waals surface area contributed by atoms with Crippen LogP contribution in [0.5, 0.6) is 0 Å². The monoisotopic (exact) mass is 518 g/mol. The van der Waals surface area contributed by atoms with Crippen LogP contribution in [0.3, 0.4) is 0 Å². The number of esters is 1. The molecule has 1 aliphatic heterocycles. The van der Waals surface area contributed by atoms with Gasteiger partial charge in [-0.2, -0.15) is 0 Å². The molecule has 0 fully saturated rings. The van der Waals surface area contributed by atoms with Gasteiger partial charge >= 0.3 is 5.97 Å². The molecule has 9 heteroatoms. The minimum Gasteiger partial charge on any atom is -0.493 e. The van der Waals surface area contributed by atoms with E-state index in [1.807, 2.05) is 30.5 Å². The summed E-state index contributed by atoms with van der Waals surface area (Å²) in [5, 5.41) is 5.24. The number of anilines is 1. The number of hydrogen-bond donors (Lipinski definition) is 1. The van der Waals surface area contributed by atoms with Gasteiger partial charge in [-0.15, -0.1) is 11.3 Å². The van der Waals surface area contributed by atoms with Gasteiger partial charge in [0.2, 0.25) is 0 Å². The predicted molar refractivity (Wildman–Crippen MR) is 137 cm³/mol. The normalized spacial score (nSPS) is 22.0. The number of ether oxygens (including phenoxy) is 4. The van der Waals surface area contributed by atoms with Crippen molar-refractivity contribution >= 4 is 34.6 Å². The smallest absolute Gasteiger partial charge is 0.305 e. The summed E-state index contributed by atoms with van der Waals surface area (Å²) in [5.41, 5.74) is 3.00. The highest BCUT2D eigenvalue weighted by molar-refractivity contribution is 7.11. The zero-order valence-corrected chi connectivity index (χ0v) is 22.0. The van der Waals surface area contributed by atoms with E-state index in [1.165, 1.54) is 7.11 Å². The molecule has 0 saturated carbocycles. The zero-order chi connectivity index (χ0) is 24.9. The molecule has 3 atom stereocenters. The molecule has 35 heavy (non-hydrogen) atoms. The lowest BCUT2D eigenvalue weighted by atomic mass is 9.91. The molecule has 0 amide bonds. The molecular weight excluding hydrogens is 488 g/mol. The van der Waals surface area contributed by atoms with Crippen LogP contribution >= 0.6 is 22.9 Å². The van der Waals surface area contributed by atoms with Crippen LogP contribution in [-0.4, -0.2) is 44.4 Å². The second-order valence-corrected chi connectivity index (χ2v) is 10.2. The molecule has 7 nitrogen and oxygen atoms in total. The molecule has 2 aromatic rings. The van der Waals surface area contributed by atoms with E-state index in [-0.39, 0.29) is 24.2 Å². The number of nitrogens with one attached hydrogen (secondary N) is 1. The van der Waals surface area contributed by atoms with Crippen molar-refractivity contribution in [3.63, 3.8) is 0 Å². The lowest BCUT2D eigenvalue weighted by molar-refractivity contribution is -0.140. The second-order valence-electron chi connectivity index (χ2n) is 8.59. The molecule has 1 aromatic carbocycles. The third kappa shape index (κ3) is 5.82. The summed E-state index contributed by atoms with van der Waals surface area (Å²) < 4.78 is 23.0. The SMILES string of the molecule is COC(=O)CCc1cnc(CC2O[C@H](C3=C(OC)C(OC)=CCC3)c3cc(Cl)ccc3N[C@@H]2C)s1. The molecule has 1 aromatic heterocycles. The Hall–Kier alpha value is -2.55. The fourth-order valence-corrected chi connectivity index (χ4v) is 5.67. The Morgan fingerprint density at radius 3 is 2.86 bits per heavy atom. The Labute approximate surface area is 215 Å². The molecule has 1 aliphatic carbocycles. The lowest BCUT2D eigenvalue weighted by Crippen LogP contribution is -2.34. The Bertz CT molecular complexity index is 1130. The van der Waals surface area contributed by atoms with E-state index in [1.54, 1.807) is 25.6 Å². The minimum absolute atomic E-state index is 0.0231. The van der Waals surface area contributed by atoms with E-state index in [0.29, 0.717) is 30.0 Å². The van der Waals surface area contributed by atoms with Crippen LogP contribution in [0.1, 0.15) is 47.7 Å². The molecule has 188 valence electrons. The van der Waals surface area contributed by atoms with Crippen LogP contribution in [0, 0.1) is 0 Å². The topological polar surface area (TPSA) is 78.9 Å². The van der Waals surface area contributed by atoms with Crippen molar-refractivity contribution in [2.75, 3.05) is 26.6 Å². The number of halogens is 1. The molecule has 1 unspecified atom stereocenters. The third-order valence-electron chi connectivity index (χ3n) is 6.33. The van der Waals surface area contributed by atoms with Crippen LogP contribution < -0.4 is 5.32 Å². The second kappa shape index (κ2) is 11.5. The number of aromatic nitrogens is 1. The Morgan fingerprint density at radius 1 is 1.29 bits per heavy atom. The van der Waals surface area contributed by atoms with Crippen LogP contribution in [0.4, 0.5) is 5.69 Å². The van der Waals surface area contributed by atoms with Crippen molar-refractivity contribution in [1.29, 1.82) is 0 Å². The zero-order valence-electron chi connectivity index (χ0n) is 20.4. The van der Waals surface area contributed by atoms with Gasteiger partial charge in [0, 0.05) is 45.4 Å². The number of nitrogens with zero attached hydrogens (tertiary/aromatic N) is 1.